The topological polar surface area (TPSA) is 15.3 Å². The van der Waals surface area contributed by atoms with Crippen LogP contribution in [-0.2, 0) is 0 Å². The number of nitrogens with one attached hydrogen (secondary N) is 1. The summed E-state index contributed by atoms with van der Waals surface area (Å²) in [5.41, 5.74) is 2.46. The molecule has 0 bridgehead atoms. The molecule has 1 aromatic carbocycles. The molecule has 0 aliphatic heterocycles. The molecule has 0 amide bonds. The second-order valence-electron chi connectivity index (χ2n) is 4.63. The Kier molecular flexibility index (Phi) is 5.17. The van der Waals surface area contributed by atoms with Gasteiger partial charge in [-0.05, 0) is 31.5 Å². The molecule has 0 saturated heterocycles. The van der Waals surface area contributed by atoms with Crippen LogP contribution in [0, 0.1) is 0 Å². The fourth-order valence-corrected chi connectivity index (χ4v) is 1.74. The molecule has 1 atom stereocenters. The normalized spacial score (nSPS) is 12.2. The van der Waals surface area contributed by atoms with Crippen molar-refractivity contribution in [3.8, 4) is 0 Å². The van der Waals surface area contributed by atoms with Crippen LogP contribution in [0.5, 0.6) is 0 Å². The number of anilines is 2. The van der Waals surface area contributed by atoms with Gasteiger partial charge in [0, 0.05) is 31.5 Å². The first-order chi connectivity index (χ1) is 7.63. The van der Waals surface area contributed by atoms with Gasteiger partial charge in [-0.25, -0.2) is 0 Å². The Morgan fingerprint density at radius 3 is 2.69 bits per heavy atom. The molecule has 90 valence electrons. The van der Waals surface area contributed by atoms with E-state index in [1.165, 1.54) is 30.6 Å². The van der Waals surface area contributed by atoms with Crippen molar-refractivity contribution in [2.24, 2.45) is 0 Å². The van der Waals surface area contributed by atoms with Gasteiger partial charge in [0.05, 0.1) is 0 Å². The van der Waals surface area contributed by atoms with Gasteiger partial charge >= 0.3 is 0 Å². The lowest BCUT2D eigenvalue weighted by atomic mass is 10.1. The Morgan fingerprint density at radius 1 is 1.31 bits per heavy atom. The Bertz CT molecular complexity index is 307. The lowest BCUT2D eigenvalue weighted by molar-refractivity contribution is 0.645. The van der Waals surface area contributed by atoms with E-state index in [9.17, 15) is 0 Å². The van der Waals surface area contributed by atoms with Crippen molar-refractivity contribution in [1.82, 2.24) is 0 Å². The van der Waals surface area contributed by atoms with E-state index < -0.39 is 0 Å². The van der Waals surface area contributed by atoms with Gasteiger partial charge in [-0.15, -0.1) is 0 Å². The fourth-order valence-electron chi connectivity index (χ4n) is 1.74. The summed E-state index contributed by atoms with van der Waals surface area (Å²) in [5, 5.41) is 3.55. The Labute approximate surface area is 99.7 Å². The lowest BCUT2D eigenvalue weighted by Crippen LogP contribution is -2.15. The summed E-state index contributed by atoms with van der Waals surface area (Å²) in [7, 11) is 4.14. The predicted octanol–water partition coefficient (Wildman–Crippen LogP) is 3.74. The van der Waals surface area contributed by atoms with Crippen LogP contribution in [0.25, 0.3) is 0 Å². The van der Waals surface area contributed by atoms with Crippen molar-refractivity contribution >= 4 is 11.4 Å². The molecule has 0 radical (unpaired) electrons. The molecule has 0 aromatic heterocycles. The van der Waals surface area contributed by atoms with Crippen molar-refractivity contribution in [3.63, 3.8) is 0 Å². The zero-order valence-corrected chi connectivity index (χ0v) is 11.0. The Hall–Kier alpha value is -1.18. The minimum absolute atomic E-state index is 0.553. The Balaban J connectivity index is 2.56. The van der Waals surface area contributed by atoms with Gasteiger partial charge < -0.3 is 10.2 Å². The molecule has 0 fully saturated rings. The van der Waals surface area contributed by atoms with E-state index in [-0.39, 0.29) is 0 Å². The number of hydrogen-bond acceptors (Lipinski definition) is 2. The molecular formula is C14H24N2. The van der Waals surface area contributed by atoms with Gasteiger partial charge in [0.25, 0.3) is 0 Å². The molecule has 0 heterocycles. The smallest absolute Gasteiger partial charge is 0.0381 e. The third-order valence-electron chi connectivity index (χ3n) is 2.77. The summed E-state index contributed by atoms with van der Waals surface area (Å²) < 4.78 is 0. The summed E-state index contributed by atoms with van der Waals surface area (Å²) in [6, 6.07) is 9.11. The van der Waals surface area contributed by atoms with Gasteiger partial charge in [-0.3, -0.25) is 0 Å². The van der Waals surface area contributed by atoms with Crippen molar-refractivity contribution in [2.45, 2.75) is 39.2 Å². The van der Waals surface area contributed by atoms with Crippen LogP contribution in [0.3, 0.4) is 0 Å². The molecule has 1 unspecified atom stereocenters. The van der Waals surface area contributed by atoms with Crippen molar-refractivity contribution in [1.29, 1.82) is 0 Å². The SMILES string of the molecule is CCCCC(C)Nc1cccc(N(C)C)c1. The minimum atomic E-state index is 0.553. The van der Waals surface area contributed by atoms with E-state index >= 15 is 0 Å². The van der Waals surface area contributed by atoms with Gasteiger partial charge in [0.1, 0.15) is 0 Å². The van der Waals surface area contributed by atoms with E-state index in [1.54, 1.807) is 0 Å². The highest BCUT2D eigenvalue weighted by Crippen LogP contribution is 2.18. The van der Waals surface area contributed by atoms with Gasteiger partial charge in [-0.1, -0.05) is 25.8 Å². The molecule has 16 heavy (non-hydrogen) atoms. The molecule has 2 heteroatoms. The van der Waals surface area contributed by atoms with E-state index in [4.69, 9.17) is 0 Å². The minimum Gasteiger partial charge on any atom is -0.383 e. The maximum atomic E-state index is 3.55. The molecule has 1 rings (SSSR count). The first-order valence-electron chi connectivity index (χ1n) is 6.17. The molecule has 0 saturated carbocycles. The van der Waals surface area contributed by atoms with Crippen LogP contribution in [0.4, 0.5) is 11.4 Å². The highest BCUT2D eigenvalue weighted by atomic mass is 15.1. The van der Waals surface area contributed by atoms with Crippen molar-refractivity contribution in [3.05, 3.63) is 24.3 Å². The molecule has 0 aliphatic carbocycles. The summed E-state index contributed by atoms with van der Waals surface area (Å²) in [5.74, 6) is 0. The highest BCUT2D eigenvalue weighted by molar-refractivity contribution is 5.57. The number of benzene rings is 1. The zero-order chi connectivity index (χ0) is 12.0. The summed E-state index contributed by atoms with van der Waals surface area (Å²) >= 11 is 0. The zero-order valence-electron chi connectivity index (χ0n) is 11.0. The first-order valence-corrected chi connectivity index (χ1v) is 6.17. The standard InChI is InChI=1S/C14H24N2/c1-5-6-8-12(2)15-13-9-7-10-14(11-13)16(3)4/h7,9-12,15H,5-6,8H2,1-4H3. The van der Waals surface area contributed by atoms with Gasteiger partial charge in [-0.2, -0.15) is 0 Å². The maximum absolute atomic E-state index is 3.55. The summed E-state index contributed by atoms with van der Waals surface area (Å²) in [4.78, 5) is 2.13. The predicted molar refractivity (Wildman–Crippen MR) is 73.4 cm³/mol. The average Bonchev–Trinajstić information content (AvgIpc) is 2.26. The maximum Gasteiger partial charge on any atom is 0.0381 e. The number of hydrogen-bond donors (Lipinski definition) is 1. The molecule has 0 spiro atoms. The number of rotatable bonds is 6. The second kappa shape index (κ2) is 6.41. The first kappa shape index (κ1) is 12.9. The summed E-state index contributed by atoms with van der Waals surface area (Å²) in [6.45, 7) is 4.48. The molecule has 0 aliphatic rings. The van der Waals surface area contributed by atoms with Crippen molar-refractivity contribution < 1.29 is 0 Å². The van der Waals surface area contributed by atoms with E-state index in [0.29, 0.717) is 6.04 Å². The van der Waals surface area contributed by atoms with Crippen LogP contribution < -0.4 is 10.2 Å². The van der Waals surface area contributed by atoms with Crippen LogP contribution in [-0.4, -0.2) is 20.1 Å². The third-order valence-corrected chi connectivity index (χ3v) is 2.77. The van der Waals surface area contributed by atoms with Crippen LogP contribution in [0.15, 0.2) is 24.3 Å². The number of unbranched alkanes of at least 4 members (excludes halogenated alkanes) is 1. The molecule has 1 N–H and O–H groups in total. The molecule has 1 aromatic rings. The van der Waals surface area contributed by atoms with Crippen LogP contribution in [0.2, 0.25) is 0 Å². The largest absolute Gasteiger partial charge is 0.383 e. The van der Waals surface area contributed by atoms with Gasteiger partial charge in [0.2, 0.25) is 0 Å². The van der Waals surface area contributed by atoms with Crippen molar-refractivity contribution in [2.75, 3.05) is 24.3 Å². The molecule has 2 nitrogen and oxygen atoms in total. The summed E-state index contributed by atoms with van der Waals surface area (Å²) in [6.07, 6.45) is 3.80. The van der Waals surface area contributed by atoms with Crippen LogP contribution >= 0.6 is 0 Å². The van der Waals surface area contributed by atoms with Crippen LogP contribution in [0.1, 0.15) is 33.1 Å². The quantitative estimate of drug-likeness (QED) is 0.785. The van der Waals surface area contributed by atoms with E-state index in [2.05, 4.69) is 62.4 Å². The molecular weight excluding hydrogens is 196 g/mol. The Morgan fingerprint density at radius 2 is 2.06 bits per heavy atom. The van der Waals surface area contributed by atoms with E-state index in [0.717, 1.165) is 0 Å². The highest BCUT2D eigenvalue weighted by Gasteiger charge is 2.02. The lowest BCUT2D eigenvalue weighted by Gasteiger charge is -2.18. The van der Waals surface area contributed by atoms with E-state index in [1.807, 2.05) is 0 Å². The monoisotopic (exact) mass is 220 g/mol. The average molecular weight is 220 g/mol. The fraction of sp³-hybridized carbons (Fsp3) is 0.571. The second-order valence-corrected chi connectivity index (χ2v) is 4.63. The van der Waals surface area contributed by atoms with Gasteiger partial charge in [0.15, 0.2) is 0 Å². The number of nitrogens with zero attached hydrogens (tertiary/aromatic N) is 1. The third kappa shape index (κ3) is 4.13.